The number of morpholine rings is 1. The highest BCUT2D eigenvalue weighted by Gasteiger charge is 2.21. The molecule has 2 aliphatic rings. The lowest BCUT2D eigenvalue weighted by Crippen LogP contribution is -2.42. The van der Waals surface area contributed by atoms with Gasteiger partial charge in [-0.1, -0.05) is 0 Å². The molecule has 2 saturated heterocycles. The Balaban J connectivity index is 1.66. The molecule has 2 heterocycles. The topological polar surface area (TPSA) is 47.6 Å². The van der Waals surface area contributed by atoms with E-state index in [4.69, 9.17) is 9.47 Å². The van der Waals surface area contributed by atoms with Crippen molar-refractivity contribution in [2.24, 2.45) is 5.92 Å². The predicted molar refractivity (Wildman–Crippen MR) is 60.4 cm³/mol. The van der Waals surface area contributed by atoms with Gasteiger partial charge in [0.15, 0.2) is 0 Å². The maximum Gasteiger partial charge on any atom is 0.134 e. The normalized spacial score (nSPS) is 27.9. The second-order valence-corrected chi connectivity index (χ2v) is 4.73. The molecule has 4 heteroatoms. The molecule has 0 radical (unpaired) electrons. The number of rotatable bonds is 4. The van der Waals surface area contributed by atoms with Gasteiger partial charge in [-0.3, -0.25) is 4.79 Å². The van der Waals surface area contributed by atoms with E-state index in [-0.39, 0.29) is 6.04 Å². The van der Waals surface area contributed by atoms with Gasteiger partial charge in [-0.15, -0.1) is 0 Å². The molecule has 2 fully saturated rings. The molecule has 16 heavy (non-hydrogen) atoms. The van der Waals surface area contributed by atoms with Gasteiger partial charge in [-0.25, -0.2) is 0 Å². The average Bonchev–Trinajstić information content (AvgIpc) is 2.31. The van der Waals surface area contributed by atoms with Crippen LogP contribution in [0.1, 0.15) is 25.7 Å². The van der Waals surface area contributed by atoms with Crippen LogP contribution in [-0.4, -0.2) is 44.8 Å². The maximum atomic E-state index is 11.8. The van der Waals surface area contributed by atoms with Crippen LogP contribution in [0.2, 0.25) is 0 Å². The molecule has 1 atom stereocenters. The predicted octanol–water partition coefficient (Wildman–Crippen LogP) is 0.751. The van der Waals surface area contributed by atoms with E-state index in [1.807, 2.05) is 0 Å². The van der Waals surface area contributed by atoms with Gasteiger partial charge in [0.1, 0.15) is 5.78 Å². The van der Waals surface area contributed by atoms with Crippen LogP contribution in [0.15, 0.2) is 0 Å². The van der Waals surface area contributed by atoms with Crippen LogP contribution in [0, 0.1) is 5.92 Å². The molecule has 0 aromatic rings. The molecule has 0 aliphatic carbocycles. The van der Waals surface area contributed by atoms with Gasteiger partial charge in [0.05, 0.1) is 13.2 Å². The van der Waals surface area contributed by atoms with E-state index in [1.54, 1.807) is 0 Å². The van der Waals surface area contributed by atoms with Crippen LogP contribution >= 0.6 is 0 Å². The van der Waals surface area contributed by atoms with Crippen molar-refractivity contribution in [2.75, 3.05) is 33.0 Å². The first-order chi connectivity index (χ1) is 7.84. The van der Waals surface area contributed by atoms with Crippen molar-refractivity contribution < 1.29 is 14.3 Å². The zero-order valence-corrected chi connectivity index (χ0v) is 9.74. The highest BCUT2D eigenvalue weighted by atomic mass is 16.5. The second-order valence-electron chi connectivity index (χ2n) is 4.73. The molecule has 0 bridgehead atoms. The highest BCUT2D eigenvalue weighted by molar-refractivity contribution is 5.79. The molecule has 0 aromatic heterocycles. The number of carbonyl (C=O) groups excluding carboxylic acids is 1. The molecule has 4 nitrogen and oxygen atoms in total. The fourth-order valence-electron chi connectivity index (χ4n) is 2.38. The molecule has 1 unspecified atom stereocenters. The molecule has 92 valence electrons. The Morgan fingerprint density at radius 3 is 2.62 bits per heavy atom. The Morgan fingerprint density at radius 1 is 1.12 bits per heavy atom. The molecule has 0 saturated carbocycles. The SMILES string of the molecule is O=C(CC1CCOCC1)CC1COCCN1. The standard InChI is InChI=1S/C12H21NO3/c14-12(7-10-1-4-15-5-2-10)8-11-9-16-6-3-13-11/h10-11,13H,1-9H2. The lowest BCUT2D eigenvalue weighted by molar-refractivity contribution is -0.121. The molecule has 1 N–H and O–H groups in total. The molecule has 0 spiro atoms. The van der Waals surface area contributed by atoms with Gasteiger partial charge in [0, 0.05) is 38.6 Å². The first-order valence-electron chi connectivity index (χ1n) is 6.25. The van der Waals surface area contributed by atoms with Gasteiger partial charge < -0.3 is 14.8 Å². The fraction of sp³-hybridized carbons (Fsp3) is 0.917. The van der Waals surface area contributed by atoms with E-state index >= 15 is 0 Å². The van der Waals surface area contributed by atoms with Crippen molar-refractivity contribution in [2.45, 2.75) is 31.7 Å². The third kappa shape index (κ3) is 3.85. The van der Waals surface area contributed by atoms with Gasteiger partial charge in [-0.05, 0) is 18.8 Å². The number of carbonyl (C=O) groups is 1. The van der Waals surface area contributed by atoms with Gasteiger partial charge in [0.25, 0.3) is 0 Å². The Labute approximate surface area is 96.7 Å². The lowest BCUT2D eigenvalue weighted by Gasteiger charge is -2.25. The summed E-state index contributed by atoms with van der Waals surface area (Å²) in [6, 6.07) is 0.237. The summed E-state index contributed by atoms with van der Waals surface area (Å²) in [5.74, 6) is 0.917. The summed E-state index contributed by atoms with van der Waals surface area (Å²) in [7, 11) is 0. The smallest absolute Gasteiger partial charge is 0.134 e. The summed E-state index contributed by atoms with van der Waals surface area (Å²) in [6.07, 6.45) is 3.43. The number of ketones is 1. The van der Waals surface area contributed by atoms with Crippen molar-refractivity contribution in [3.8, 4) is 0 Å². The summed E-state index contributed by atoms with van der Waals surface area (Å²) in [4.78, 5) is 11.8. The molecule has 2 rings (SSSR count). The van der Waals surface area contributed by atoms with E-state index in [2.05, 4.69) is 5.32 Å². The summed E-state index contributed by atoms with van der Waals surface area (Å²) in [5, 5.41) is 3.32. The van der Waals surface area contributed by atoms with Crippen LogP contribution in [0.25, 0.3) is 0 Å². The first-order valence-corrected chi connectivity index (χ1v) is 6.25. The van der Waals surface area contributed by atoms with Crippen molar-refractivity contribution in [1.29, 1.82) is 0 Å². The quantitative estimate of drug-likeness (QED) is 0.770. The summed E-state index contributed by atoms with van der Waals surface area (Å²) in [5.41, 5.74) is 0. The number of nitrogens with one attached hydrogen (secondary N) is 1. The lowest BCUT2D eigenvalue weighted by atomic mass is 9.92. The second kappa shape index (κ2) is 6.33. The Kier molecular flexibility index (Phi) is 4.75. The number of hydrogen-bond donors (Lipinski definition) is 1. The first kappa shape index (κ1) is 12.0. The van der Waals surface area contributed by atoms with Crippen LogP contribution in [0.3, 0.4) is 0 Å². The van der Waals surface area contributed by atoms with Gasteiger partial charge in [0.2, 0.25) is 0 Å². The van der Waals surface area contributed by atoms with Crippen molar-refractivity contribution in [3.05, 3.63) is 0 Å². The molecular formula is C12H21NO3. The van der Waals surface area contributed by atoms with Crippen LogP contribution in [0.4, 0.5) is 0 Å². The van der Waals surface area contributed by atoms with E-state index in [9.17, 15) is 4.79 Å². The molecule has 0 aromatic carbocycles. The molecule has 0 amide bonds. The zero-order chi connectivity index (χ0) is 11.2. The van der Waals surface area contributed by atoms with Gasteiger partial charge >= 0.3 is 0 Å². The Bertz CT molecular complexity index is 198. The highest BCUT2D eigenvalue weighted by Crippen LogP contribution is 2.19. The van der Waals surface area contributed by atoms with Crippen LogP contribution in [-0.2, 0) is 14.3 Å². The number of hydrogen-bond acceptors (Lipinski definition) is 4. The zero-order valence-electron chi connectivity index (χ0n) is 9.74. The van der Waals surface area contributed by atoms with E-state index in [1.165, 1.54) is 0 Å². The Hall–Kier alpha value is -0.450. The van der Waals surface area contributed by atoms with Crippen molar-refractivity contribution in [1.82, 2.24) is 5.32 Å². The summed E-state index contributed by atoms with van der Waals surface area (Å²) in [6.45, 7) is 3.96. The minimum absolute atomic E-state index is 0.237. The Morgan fingerprint density at radius 2 is 1.94 bits per heavy atom. The molecular weight excluding hydrogens is 206 g/mol. The van der Waals surface area contributed by atoms with E-state index in [0.717, 1.165) is 45.6 Å². The molecule has 2 aliphatic heterocycles. The van der Waals surface area contributed by atoms with Gasteiger partial charge in [-0.2, -0.15) is 0 Å². The summed E-state index contributed by atoms with van der Waals surface area (Å²) >= 11 is 0. The third-order valence-electron chi connectivity index (χ3n) is 3.33. The minimum Gasteiger partial charge on any atom is -0.381 e. The monoisotopic (exact) mass is 227 g/mol. The largest absolute Gasteiger partial charge is 0.381 e. The van der Waals surface area contributed by atoms with E-state index < -0.39 is 0 Å². The maximum absolute atomic E-state index is 11.8. The van der Waals surface area contributed by atoms with Crippen molar-refractivity contribution >= 4 is 5.78 Å². The number of ether oxygens (including phenoxy) is 2. The van der Waals surface area contributed by atoms with Crippen LogP contribution < -0.4 is 5.32 Å². The van der Waals surface area contributed by atoms with E-state index in [0.29, 0.717) is 24.7 Å². The third-order valence-corrected chi connectivity index (χ3v) is 3.33. The average molecular weight is 227 g/mol. The van der Waals surface area contributed by atoms with Crippen molar-refractivity contribution in [3.63, 3.8) is 0 Å². The summed E-state index contributed by atoms with van der Waals surface area (Å²) < 4.78 is 10.6. The fourth-order valence-corrected chi connectivity index (χ4v) is 2.38. The minimum atomic E-state index is 0.237. The van der Waals surface area contributed by atoms with Crippen LogP contribution in [0.5, 0.6) is 0 Å². The number of Topliss-reactive ketones (excluding diaryl/α,β-unsaturated/α-hetero) is 1.